The number of nitrogens with zero attached hydrogens (tertiary/aromatic N) is 2. The lowest BCUT2D eigenvalue weighted by Crippen LogP contribution is -2.23. The van der Waals surface area contributed by atoms with Gasteiger partial charge in [-0.1, -0.05) is 37.3 Å². The van der Waals surface area contributed by atoms with E-state index in [1.54, 1.807) is 0 Å². The van der Waals surface area contributed by atoms with Gasteiger partial charge >= 0.3 is 0 Å². The summed E-state index contributed by atoms with van der Waals surface area (Å²) in [7, 11) is 0. The first-order valence-corrected chi connectivity index (χ1v) is 10.5. The molecule has 0 atom stereocenters. The van der Waals surface area contributed by atoms with Crippen molar-refractivity contribution in [3.63, 3.8) is 0 Å². The lowest BCUT2D eigenvalue weighted by Gasteiger charge is -2.13. The van der Waals surface area contributed by atoms with Crippen LogP contribution in [0.25, 0.3) is 11.0 Å². The summed E-state index contributed by atoms with van der Waals surface area (Å²) in [6, 6.07) is 14.5. The van der Waals surface area contributed by atoms with E-state index in [1.165, 1.54) is 11.1 Å². The molecule has 0 radical (unpaired) electrons. The first-order valence-electron chi connectivity index (χ1n) is 10.5. The molecule has 0 bridgehead atoms. The molecule has 3 rings (SSSR count). The van der Waals surface area contributed by atoms with E-state index in [4.69, 9.17) is 9.72 Å². The third kappa shape index (κ3) is 5.37. The third-order valence-corrected chi connectivity index (χ3v) is 5.14. The standard InChI is InChI=1S/C24H31N3O2/c1-4-23(28)25-15-8-14-22-26-20-12-5-6-13-21(20)27(22)16-9-17-29-24-18(2)10-7-11-19(24)3/h5-7,10-13H,4,8-9,14-17H2,1-3H3,(H,25,28). The van der Waals surface area contributed by atoms with E-state index >= 15 is 0 Å². The molecule has 0 aliphatic carbocycles. The molecular formula is C24H31N3O2. The number of para-hydroxylation sites is 3. The predicted octanol–water partition coefficient (Wildman–Crippen LogP) is 4.58. The fraction of sp³-hybridized carbons (Fsp3) is 0.417. The van der Waals surface area contributed by atoms with Crippen molar-refractivity contribution in [1.29, 1.82) is 0 Å². The number of aromatic nitrogens is 2. The monoisotopic (exact) mass is 393 g/mol. The molecule has 3 aromatic rings. The van der Waals surface area contributed by atoms with E-state index in [0.29, 0.717) is 19.6 Å². The Labute approximate surface area is 173 Å². The zero-order valence-electron chi connectivity index (χ0n) is 17.7. The Morgan fingerprint density at radius 2 is 1.83 bits per heavy atom. The van der Waals surface area contributed by atoms with E-state index in [2.05, 4.69) is 60.1 Å². The van der Waals surface area contributed by atoms with Gasteiger partial charge in [0, 0.05) is 25.9 Å². The van der Waals surface area contributed by atoms with Gasteiger partial charge in [0.05, 0.1) is 17.6 Å². The van der Waals surface area contributed by atoms with Crippen LogP contribution in [0, 0.1) is 13.8 Å². The van der Waals surface area contributed by atoms with Crippen molar-refractivity contribution in [3.8, 4) is 5.75 Å². The van der Waals surface area contributed by atoms with Crippen LogP contribution in [0.5, 0.6) is 5.75 Å². The molecule has 1 aromatic heterocycles. The Bertz CT molecular complexity index is 942. The smallest absolute Gasteiger partial charge is 0.219 e. The molecule has 1 heterocycles. The Hall–Kier alpha value is -2.82. The van der Waals surface area contributed by atoms with E-state index in [9.17, 15) is 4.79 Å². The Morgan fingerprint density at radius 1 is 1.07 bits per heavy atom. The summed E-state index contributed by atoms with van der Waals surface area (Å²) in [6.07, 6.45) is 3.16. The predicted molar refractivity (Wildman–Crippen MR) is 117 cm³/mol. The molecule has 5 heteroatoms. The number of nitrogens with one attached hydrogen (secondary N) is 1. The largest absolute Gasteiger partial charge is 0.493 e. The number of fused-ring (bicyclic) bond motifs is 1. The summed E-state index contributed by atoms with van der Waals surface area (Å²) in [5.74, 6) is 2.17. The average Bonchev–Trinajstić information content (AvgIpc) is 3.07. The van der Waals surface area contributed by atoms with Crippen LogP contribution in [0.4, 0.5) is 0 Å². The number of rotatable bonds is 10. The number of hydrogen-bond donors (Lipinski definition) is 1. The zero-order chi connectivity index (χ0) is 20.6. The lowest BCUT2D eigenvalue weighted by molar-refractivity contribution is -0.120. The maximum absolute atomic E-state index is 11.4. The summed E-state index contributed by atoms with van der Waals surface area (Å²) in [4.78, 5) is 16.2. The fourth-order valence-corrected chi connectivity index (χ4v) is 3.59. The normalized spacial score (nSPS) is 11.0. The number of benzene rings is 2. The molecular weight excluding hydrogens is 362 g/mol. The van der Waals surface area contributed by atoms with Crippen LogP contribution in [0.2, 0.25) is 0 Å². The molecule has 0 unspecified atom stereocenters. The van der Waals surface area contributed by atoms with E-state index in [0.717, 1.165) is 48.4 Å². The van der Waals surface area contributed by atoms with Crippen LogP contribution in [0.3, 0.4) is 0 Å². The van der Waals surface area contributed by atoms with Gasteiger partial charge in [0.2, 0.25) is 5.91 Å². The second-order valence-electron chi connectivity index (χ2n) is 7.40. The summed E-state index contributed by atoms with van der Waals surface area (Å²) in [6.45, 7) is 8.26. The second-order valence-corrected chi connectivity index (χ2v) is 7.40. The molecule has 2 aromatic carbocycles. The number of imidazole rings is 1. The molecule has 0 spiro atoms. The zero-order valence-corrected chi connectivity index (χ0v) is 17.7. The van der Waals surface area contributed by atoms with E-state index < -0.39 is 0 Å². The fourth-order valence-electron chi connectivity index (χ4n) is 3.59. The van der Waals surface area contributed by atoms with E-state index in [-0.39, 0.29) is 5.91 Å². The van der Waals surface area contributed by atoms with Gasteiger partial charge in [-0.25, -0.2) is 4.98 Å². The highest BCUT2D eigenvalue weighted by Crippen LogP contribution is 2.23. The quantitative estimate of drug-likeness (QED) is 0.513. The van der Waals surface area contributed by atoms with Crippen molar-refractivity contribution < 1.29 is 9.53 Å². The van der Waals surface area contributed by atoms with Crippen LogP contribution in [-0.4, -0.2) is 28.6 Å². The molecule has 1 N–H and O–H groups in total. The first kappa shape index (κ1) is 20.9. The van der Waals surface area contributed by atoms with Gasteiger partial charge < -0.3 is 14.6 Å². The molecule has 29 heavy (non-hydrogen) atoms. The molecule has 154 valence electrons. The number of amides is 1. The lowest BCUT2D eigenvalue weighted by atomic mass is 10.1. The van der Waals surface area contributed by atoms with Crippen LogP contribution in [0.15, 0.2) is 42.5 Å². The highest BCUT2D eigenvalue weighted by atomic mass is 16.5. The van der Waals surface area contributed by atoms with Crippen molar-refractivity contribution in [2.45, 2.75) is 53.0 Å². The maximum Gasteiger partial charge on any atom is 0.219 e. The summed E-state index contributed by atoms with van der Waals surface area (Å²) in [5.41, 5.74) is 4.53. The Balaban J connectivity index is 1.62. The van der Waals surface area contributed by atoms with Crippen molar-refractivity contribution in [2.24, 2.45) is 0 Å². The number of carbonyl (C=O) groups excluding carboxylic acids is 1. The van der Waals surface area contributed by atoms with Crippen molar-refractivity contribution >= 4 is 16.9 Å². The highest BCUT2D eigenvalue weighted by molar-refractivity contribution is 5.76. The number of carbonyl (C=O) groups is 1. The van der Waals surface area contributed by atoms with Crippen LogP contribution < -0.4 is 10.1 Å². The van der Waals surface area contributed by atoms with Crippen LogP contribution >= 0.6 is 0 Å². The molecule has 0 saturated heterocycles. The van der Waals surface area contributed by atoms with Crippen molar-refractivity contribution in [1.82, 2.24) is 14.9 Å². The maximum atomic E-state index is 11.4. The molecule has 0 aliphatic heterocycles. The molecule has 5 nitrogen and oxygen atoms in total. The number of aryl methyl sites for hydroxylation is 4. The summed E-state index contributed by atoms with van der Waals surface area (Å²) < 4.78 is 8.37. The highest BCUT2D eigenvalue weighted by Gasteiger charge is 2.11. The molecule has 0 fully saturated rings. The SMILES string of the molecule is CCC(=O)NCCCc1nc2ccccc2n1CCCOc1c(C)cccc1C. The van der Waals surface area contributed by atoms with Gasteiger partial charge in [-0.15, -0.1) is 0 Å². The topological polar surface area (TPSA) is 56.2 Å². The third-order valence-electron chi connectivity index (χ3n) is 5.14. The molecule has 1 amide bonds. The minimum atomic E-state index is 0.0992. The number of hydrogen-bond acceptors (Lipinski definition) is 3. The Morgan fingerprint density at radius 3 is 2.59 bits per heavy atom. The van der Waals surface area contributed by atoms with Gasteiger partial charge in [0.25, 0.3) is 0 Å². The van der Waals surface area contributed by atoms with Gasteiger partial charge in [-0.3, -0.25) is 4.79 Å². The average molecular weight is 394 g/mol. The second kappa shape index (κ2) is 10.1. The summed E-state index contributed by atoms with van der Waals surface area (Å²) >= 11 is 0. The Kier molecular flexibility index (Phi) is 7.28. The van der Waals surface area contributed by atoms with Gasteiger partial charge in [-0.05, 0) is 49.9 Å². The first-order chi connectivity index (χ1) is 14.1. The molecule has 0 aliphatic rings. The minimum Gasteiger partial charge on any atom is -0.493 e. The van der Waals surface area contributed by atoms with Crippen molar-refractivity contribution in [3.05, 3.63) is 59.4 Å². The number of ether oxygens (including phenoxy) is 1. The van der Waals surface area contributed by atoms with E-state index in [1.807, 2.05) is 13.0 Å². The van der Waals surface area contributed by atoms with Crippen LogP contribution in [-0.2, 0) is 17.8 Å². The van der Waals surface area contributed by atoms with Gasteiger partial charge in [-0.2, -0.15) is 0 Å². The summed E-state index contributed by atoms with van der Waals surface area (Å²) in [5, 5.41) is 2.94. The van der Waals surface area contributed by atoms with Gasteiger partial charge in [0.15, 0.2) is 0 Å². The van der Waals surface area contributed by atoms with Gasteiger partial charge in [0.1, 0.15) is 11.6 Å². The van der Waals surface area contributed by atoms with Crippen molar-refractivity contribution in [2.75, 3.05) is 13.2 Å². The minimum absolute atomic E-state index is 0.0992. The molecule has 0 saturated carbocycles. The van der Waals surface area contributed by atoms with Crippen LogP contribution in [0.1, 0.15) is 43.1 Å².